The molecule has 2 rings (SSSR count). The second kappa shape index (κ2) is 10.6. The Hall–Kier alpha value is -3.57. The van der Waals surface area contributed by atoms with E-state index in [1.807, 2.05) is 12.1 Å². The minimum atomic E-state index is -4.51. The van der Waals surface area contributed by atoms with Crippen LogP contribution in [0, 0.1) is 0 Å². The predicted octanol–water partition coefficient (Wildman–Crippen LogP) is 1.69. The van der Waals surface area contributed by atoms with Crippen molar-refractivity contribution in [1.82, 2.24) is 10.2 Å². The Morgan fingerprint density at radius 2 is 1.72 bits per heavy atom. The van der Waals surface area contributed by atoms with Crippen LogP contribution in [-0.4, -0.2) is 68.3 Å². The van der Waals surface area contributed by atoms with Crippen molar-refractivity contribution in [3.63, 3.8) is 0 Å². The van der Waals surface area contributed by atoms with Gasteiger partial charge in [0.15, 0.2) is 0 Å². The zero-order valence-corrected chi connectivity index (χ0v) is 17.9. The summed E-state index contributed by atoms with van der Waals surface area (Å²) < 4.78 is 37.7. The molecule has 1 fully saturated rings. The summed E-state index contributed by atoms with van der Waals surface area (Å²) in [4.78, 5) is 34.4. The maximum atomic E-state index is 12.6. The van der Waals surface area contributed by atoms with E-state index in [1.54, 1.807) is 24.0 Å². The molecule has 1 saturated heterocycles. The van der Waals surface area contributed by atoms with E-state index in [-0.39, 0.29) is 23.3 Å². The molecule has 12 heteroatoms. The Morgan fingerprint density at radius 1 is 1.12 bits per heavy atom. The topological polar surface area (TPSA) is 115 Å². The van der Waals surface area contributed by atoms with Gasteiger partial charge in [0.25, 0.3) is 0 Å². The number of alkyl halides is 3. The van der Waals surface area contributed by atoms with Gasteiger partial charge in [0, 0.05) is 44.5 Å². The molecule has 0 unspecified atom stereocenters. The third kappa shape index (κ3) is 7.29. The van der Waals surface area contributed by atoms with Gasteiger partial charge < -0.3 is 26.2 Å². The summed E-state index contributed by atoms with van der Waals surface area (Å²) in [6.07, 6.45) is -4.51. The summed E-state index contributed by atoms with van der Waals surface area (Å²) in [5.41, 5.74) is 6.52. The van der Waals surface area contributed by atoms with Crippen LogP contribution >= 0.6 is 0 Å². The third-order valence-electron chi connectivity index (χ3n) is 4.76. The zero-order valence-electron chi connectivity index (χ0n) is 17.9. The molecule has 0 bridgehead atoms. The highest BCUT2D eigenvalue weighted by molar-refractivity contribution is 5.98. The number of piperazine rings is 1. The summed E-state index contributed by atoms with van der Waals surface area (Å²) in [6, 6.07) is 7.22. The molecule has 0 atom stereocenters. The summed E-state index contributed by atoms with van der Waals surface area (Å²) in [5, 5.41) is 4.90. The fourth-order valence-corrected chi connectivity index (χ4v) is 2.93. The summed E-state index contributed by atoms with van der Waals surface area (Å²) in [5.74, 6) is -1.34. The van der Waals surface area contributed by atoms with Crippen LogP contribution in [0.5, 0.6) is 0 Å². The van der Waals surface area contributed by atoms with Crippen LogP contribution in [-0.2, 0) is 9.59 Å². The normalized spacial score (nSPS) is 15.7. The lowest BCUT2D eigenvalue weighted by Gasteiger charge is -2.35. The van der Waals surface area contributed by atoms with Gasteiger partial charge in [-0.1, -0.05) is 0 Å². The standard InChI is InChI=1S/C20H26F3N7O2/c1-13(17(24)32)18(26-12-20(21,22)23)28-19(25-3)27-15-4-6-16(7-5-15)30-10-8-29(9-11-30)14(2)31/h4-7,26H,3,8-12H2,1-2H3,(H2,24,32)(H,27,28)/b18-13+. The van der Waals surface area contributed by atoms with Crippen molar-refractivity contribution in [1.29, 1.82) is 0 Å². The molecule has 32 heavy (non-hydrogen) atoms. The number of hydrogen-bond acceptors (Lipinski definition) is 5. The zero-order chi connectivity index (χ0) is 23.9. The van der Waals surface area contributed by atoms with Gasteiger partial charge in [0.05, 0.1) is 5.57 Å². The molecular weight excluding hydrogens is 427 g/mol. The minimum Gasteiger partial charge on any atom is -0.368 e. The molecule has 0 saturated carbocycles. The number of carbonyl (C=O) groups excluding carboxylic acids is 2. The Morgan fingerprint density at radius 3 is 2.19 bits per heavy atom. The van der Waals surface area contributed by atoms with E-state index in [9.17, 15) is 22.8 Å². The number of carbonyl (C=O) groups is 2. The number of nitrogens with one attached hydrogen (secondary N) is 2. The summed E-state index contributed by atoms with van der Waals surface area (Å²) in [6.45, 7) is 7.47. The van der Waals surface area contributed by atoms with Crippen LogP contribution in [0.25, 0.3) is 0 Å². The first kappa shape index (κ1) is 24.7. The van der Waals surface area contributed by atoms with Crippen LogP contribution in [0.4, 0.5) is 24.5 Å². The molecule has 4 N–H and O–H groups in total. The maximum Gasteiger partial charge on any atom is 0.405 e. The molecule has 1 aromatic rings. The molecule has 0 aliphatic carbocycles. The van der Waals surface area contributed by atoms with Crippen molar-refractivity contribution < 1.29 is 22.8 Å². The van der Waals surface area contributed by atoms with E-state index >= 15 is 0 Å². The molecule has 0 radical (unpaired) electrons. The van der Waals surface area contributed by atoms with Crippen LogP contribution < -0.4 is 21.3 Å². The Kier molecular flexibility index (Phi) is 8.21. The first-order chi connectivity index (χ1) is 15.0. The van der Waals surface area contributed by atoms with Gasteiger partial charge in [-0.05, 0) is 37.9 Å². The second-order valence-corrected chi connectivity index (χ2v) is 7.07. The molecule has 0 aromatic heterocycles. The van der Waals surface area contributed by atoms with Crippen LogP contribution in [0.3, 0.4) is 0 Å². The predicted molar refractivity (Wildman–Crippen MR) is 117 cm³/mol. The van der Waals surface area contributed by atoms with E-state index in [1.165, 1.54) is 6.92 Å². The van der Waals surface area contributed by atoms with Gasteiger partial charge in [0.1, 0.15) is 12.4 Å². The molecule has 1 aromatic carbocycles. The van der Waals surface area contributed by atoms with Crippen LogP contribution in [0.15, 0.2) is 45.6 Å². The van der Waals surface area contributed by atoms with Gasteiger partial charge in [-0.3, -0.25) is 9.59 Å². The maximum absolute atomic E-state index is 12.6. The smallest absolute Gasteiger partial charge is 0.368 e. The number of rotatable bonds is 6. The number of nitrogens with zero attached hydrogens (tertiary/aromatic N) is 4. The minimum absolute atomic E-state index is 0.0534. The van der Waals surface area contributed by atoms with Gasteiger partial charge in [0.2, 0.25) is 17.8 Å². The average Bonchev–Trinajstić information content (AvgIpc) is 2.75. The van der Waals surface area contributed by atoms with E-state index in [4.69, 9.17) is 5.73 Å². The highest BCUT2D eigenvalue weighted by Crippen LogP contribution is 2.20. The Labute approximate surface area is 183 Å². The largest absolute Gasteiger partial charge is 0.405 e. The molecular formula is C20H26F3N7O2. The Balaban J connectivity index is 2.12. The summed E-state index contributed by atoms with van der Waals surface area (Å²) >= 11 is 0. The van der Waals surface area contributed by atoms with Crippen molar-refractivity contribution in [2.45, 2.75) is 20.0 Å². The number of amides is 2. The number of halogens is 3. The number of hydrogen-bond donors (Lipinski definition) is 3. The molecule has 0 spiro atoms. The average molecular weight is 453 g/mol. The highest BCUT2D eigenvalue weighted by Gasteiger charge is 2.27. The highest BCUT2D eigenvalue weighted by atomic mass is 19.4. The van der Waals surface area contributed by atoms with Crippen molar-refractivity contribution in [3.8, 4) is 0 Å². The number of primary amides is 1. The number of aliphatic imine (C=N–C) groups is 2. The van der Waals surface area contributed by atoms with Gasteiger partial charge in [-0.2, -0.15) is 18.2 Å². The number of nitrogens with two attached hydrogens (primary N) is 1. The number of anilines is 2. The van der Waals surface area contributed by atoms with Crippen molar-refractivity contribution in [2.75, 3.05) is 42.9 Å². The van der Waals surface area contributed by atoms with Gasteiger partial charge in [-0.25, -0.2) is 4.99 Å². The van der Waals surface area contributed by atoms with Crippen LogP contribution in [0.1, 0.15) is 13.8 Å². The quantitative estimate of drug-likeness (QED) is 0.345. The van der Waals surface area contributed by atoms with Crippen molar-refractivity contribution in [3.05, 3.63) is 35.7 Å². The molecule has 1 heterocycles. The molecule has 9 nitrogen and oxygen atoms in total. The molecule has 2 amide bonds. The van der Waals surface area contributed by atoms with Crippen molar-refractivity contribution >= 4 is 35.9 Å². The molecule has 1 aliphatic heterocycles. The monoisotopic (exact) mass is 453 g/mol. The first-order valence-electron chi connectivity index (χ1n) is 9.74. The fourth-order valence-electron chi connectivity index (χ4n) is 2.93. The third-order valence-corrected chi connectivity index (χ3v) is 4.76. The lowest BCUT2D eigenvalue weighted by Crippen LogP contribution is -2.48. The first-order valence-corrected chi connectivity index (χ1v) is 9.74. The number of benzene rings is 1. The SMILES string of the molecule is C=NC(=N/C(NCC(F)(F)F)=C(\C)C(N)=O)Nc1ccc(N2CCN(C(C)=O)CC2)cc1. The lowest BCUT2D eigenvalue weighted by molar-refractivity contribution is -0.129. The summed E-state index contributed by atoms with van der Waals surface area (Å²) in [7, 11) is 0. The second-order valence-electron chi connectivity index (χ2n) is 7.07. The van der Waals surface area contributed by atoms with Gasteiger partial charge >= 0.3 is 6.18 Å². The van der Waals surface area contributed by atoms with Gasteiger partial charge in [-0.15, -0.1) is 0 Å². The van der Waals surface area contributed by atoms with Crippen molar-refractivity contribution in [2.24, 2.45) is 15.7 Å². The molecule has 1 aliphatic rings. The Bertz CT molecular complexity index is 903. The lowest BCUT2D eigenvalue weighted by atomic mass is 10.2. The fraction of sp³-hybridized carbons (Fsp3) is 0.400. The van der Waals surface area contributed by atoms with E-state index in [0.29, 0.717) is 31.9 Å². The van der Waals surface area contributed by atoms with E-state index in [0.717, 1.165) is 5.69 Å². The van der Waals surface area contributed by atoms with E-state index in [2.05, 4.69) is 32.2 Å². The van der Waals surface area contributed by atoms with Crippen LogP contribution in [0.2, 0.25) is 0 Å². The molecule has 174 valence electrons. The van der Waals surface area contributed by atoms with E-state index < -0.39 is 18.6 Å². The number of guanidine groups is 1.